The molecule has 0 aliphatic rings. The van der Waals surface area contributed by atoms with Crippen LogP contribution < -0.4 is 56.5 Å². The van der Waals surface area contributed by atoms with Gasteiger partial charge in [0.1, 0.15) is 0 Å². The van der Waals surface area contributed by atoms with E-state index in [1.165, 1.54) is 0 Å². The summed E-state index contributed by atoms with van der Waals surface area (Å²) in [5.74, 6) is 0. The second-order valence-corrected chi connectivity index (χ2v) is 1.40. The molecule has 0 aromatic heterocycles. The van der Waals surface area contributed by atoms with Crippen LogP contribution in [0.15, 0.2) is 0 Å². The van der Waals surface area contributed by atoms with Crippen molar-refractivity contribution in [1.82, 2.24) is 0 Å². The molecule has 0 aromatic rings. The molecule has 54 valence electrons. The van der Waals surface area contributed by atoms with Crippen molar-refractivity contribution in [3.8, 4) is 0 Å². The Hall–Kier alpha value is 0.826. The van der Waals surface area contributed by atoms with Gasteiger partial charge in [-0.25, -0.2) is 0 Å². The number of rotatable bonds is 3. The zero-order valence-corrected chi connectivity index (χ0v) is 8.73. The minimum atomic E-state index is -1.71. The molecule has 5 nitrogen and oxygen atoms in total. The van der Waals surface area contributed by atoms with Gasteiger partial charge in [-0.3, -0.25) is 0 Å². The molecule has 2 N–H and O–H groups in total. The molecule has 0 bridgehead atoms. The Morgan fingerprint density at radius 2 is 2.20 bits per heavy atom. The van der Waals surface area contributed by atoms with Crippen molar-refractivity contribution in [2.45, 2.75) is 6.10 Å². The second kappa shape index (κ2) is 7.93. The molecular weight excluding hydrogens is 167 g/mol. The summed E-state index contributed by atoms with van der Waals surface area (Å²) in [7, 11) is 0. The molecule has 0 heterocycles. The first-order valence-electron chi connectivity index (χ1n) is 2.29. The van der Waals surface area contributed by atoms with E-state index in [1.807, 2.05) is 0 Å². The Morgan fingerprint density at radius 3 is 2.50 bits per heavy atom. The van der Waals surface area contributed by atoms with Gasteiger partial charge in [0.25, 0.3) is 6.16 Å². The molecule has 0 spiro atoms. The first-order valence-corrected chi connectivity index (χ1v) is 2.29. The zero-order chi connectivity index (χ0) is 7.28. The fraction of sp³-hybridized carbons (Fsp3) is 0.750. The van der Waals surface area contributed by atoms with Crippen molar-refractivity contribution < 1.29 is 76.2 Å². The Morgan fingerprint density at radius 1 is 1.70 bits per heavy atom. The number of hydrogen-bond donors (Lipinski definition) is 2. The molecule has 0 rings (SSSR count). The number of aliphatic hydroxyl groups is 2. The number of carbonyl (C=O) groups excluding carboxylic acids is 1. The number of hydrogen-bond acceptors (Lipinski definition) is 5. The van der Waals surface area contributed by atoms with Crippen molar-refractivity contribution in [3.63, 3.8) is 0 Å². The van der Waals surface area contributed by atoms with E-state index >= 15 is 0 Å². The number of carbonyl (C=O) groups is 1. The van der Waals surface area contributed by atoms with E-state index in [0.717, 1.165) is 0 Å². The van der Waals surface area contributed by atoms with Gasteiger partial charge < -0.3 is 24.9 Å². The van der Waals surface area contributed by atoms with Crippen LogP contribution in [0.2, 0.25) is 0 Å². The summed E-state index contributed by atoms with van der Waals surface area (Å²) in [5, 5.41) is 26.0. The van der Waals surface area contributed by atoms with Crippen molar-refractivity contribution in [3.05, 3.63) is 0 Å². The summed E-state index contributed by atoms with van der Waals surface area (Å²) in [6.45, 7) is -0.966. The molecule has 0 saturated heterocycles. The molecule has 0 amide bonds. The minimum absolute atomic E-state index is 0. The summed E-state index contributed by atoms with van der Waals surface area (Å²) in [5.41, 5.74) is 0. The van der Waals surface area contributed by atoms with Crippen molar-refractivity contribution >= 4 is 6.16 Å². The third kappa shape index (κ3) is 8.83. The molecule has 0 aliphatic carbocycles. The fourth-order valence-corrected chi connectivity index (χ4v) is 0.217. The Bertz CT molecular complexity index is 95.6. The van der Waals surface area contributed by atoms with E-state index in [1.54, 1.807) is 0 Å². The van der Waals surface area contributed by atoms with Gasteiger partial charge in [-0.15, -0.1) is 0 Å². The predicted octanol–water partition coefficient (Wildman–Crippen LogP) is -5.30. The molecule has 0 aromatic carbocycles. The summed E-state index contributed by atoms with van der Waals surface area (Å²) in [6, 6.07) is 0. The van der Waals surface area contributed by atoms with Crippen LogP contribution in [0, 0.1) is 0 Å². The maximum absolute atomic E-state index is 9.49. The van der Waals surface area contributed by atoms with Crippen molar-refractivity contribution in [1.29, 1.82) is 0 Å². The van der Waals surface area contributed by atoms with Crippen LogP contribution in [0.5, 0.6) is 0 Å². The first-order chi connectivity index (χ1) is 4.16. The maximum Gasteiger partial charge on any atom is 1.00 e. The molecule has 0 saturated carbocycles. The third-order valence-corrected chi connectivity index (χ3v) is 0.604. The van der Waals surface area contributed by atoms with Crippen LogP contribution in [0.25, 0.3) is 0 Å². The molecule has 0 aliphatic heterocycles. The minimum Gasteiger partial charge on any atom is -0.547 e. The first kappa shape index (κ1) is 13.4. The predicted molar refractivity (Wildman–Crippen MR) is 24.4 cm³/mol. The average molecular weight is 174 g/mol. The van der Waals surface area contributed by atoms with Gasteiger partial charge in [0.05, 0.1) is 19.3 Å². The fourth-order valence-electron chi connectivity index (χ4n) is 0.217. The molecule has 0 fully saturated rings. The van der Waals surface area contributed by atoms with Gasteiger partial charge in [0.2, 0.25) is 0 Å². The monoisotopic (exact) mass is 174 g/mol. The van der Waals surface area contributed by atoms with Gasteiger partial charge in [0, 0.05) is 0 Å². The van der Waals surface area contributed by atoms with Crippen LogP contribution >= 0.6 is 0 Å². The summed E-state index contributed by atoms with van der Waals surface area (Å²) in [6.07, 6.45) is -2.86. The van der Waals surface area contributed by atoms with Crippen molar-refractivity contribution in [2.75, 3.05) is 13.2 Å². The van der Waals surface area contributed by atoms with Crippen LogP contribution in [-0.2, 0) is 4.74 Å². The van der Waals surface area contributed by atoms with Gasteiger partial charge in [-0.2, -0.15) is 0 Å². The van der Waals surface area contributed by atoms with E-state index < -0.39 is 25.5 Å². The van der Waals surface area contributed by atoms with E-state index in [9.17, 15) is 9.90 Å². The zero-order valence-electron chi connectivity index (χ0n) is 5.61. The van der Waals surface area contributed by atoms with Crippen LogP contribution in [-0.4, -0.2) is 35.7 Å². The third-order valence-electron chi connectivity index (χ3n) is 0.604. The number of carboxylic acid groups (broad SMARTS) is 1. The average Bonchev–Trinajstić information content (AvgIpc) is 1.83. The quantitative estimate of drug-likeness (QED) is 0.329. The van der Waals surface area contributed by atoms with E-state index in [-0.39, 0.29) is 51.4 Å². The van der Waals surface area contributed by atoms with Crippen LogP contribution in [0.3, 0.4) is 0 Å². The van der Waals surface area contributed by atoms with Gasteiger partial charge in [-0.05, 0) is 0 Å². The van der Waals surface area contributed by atoms with E-state index in [0.29, 0.717) is 0 Å². The van der Waals surface area contributed by atoms with Gasteiger partial charge in [0.15, 0.2) is 0 Å². The SMILES string of the molecule is O=C([O-])OCC(O)CO.[K+]. The Labute approximate surface area is 100 Å². The van der Waals surface area contributed by atoms with E-state index in [4.69, 9.17) is 10.2 Å². The largest absolute Gasteiger partial charge is 1.00 e. The summed E-state index contributed by atoms with van der Waals surface area (Å²) >= 11 is 0. The van der Waals surface area contributed by atoms with Crippen LogP contribution in [0.1, 0.15) is 0 Å². The smallest absolute Gasteiger partial charge is 0.547 e. The Balaban J connectivity index is 0. The molecular formula is C4H7KO5. The standard InChI is InChI=1S/C4H8O5.K/c5-1-3(6)2-9-4(7)8;/h3,5-6H,1-2H2,(H,7,8);/q;+1/p-1. The number of ether oxygens (including phenoxy) is 1. The maximum atomic E-state index is 9.49. The second-order valence-electron chi connectivity index (χ2n) is 1.40. The Kier molecular flexibility index (Phi) is 10.6. The number of aliphatic hydroxyl groups excluding tert-OH is 2. The summed E-state index contributed by atoms with van der Waals surface area (Å²) in [4.78, 5) is 9.49. The molecule has 1 atom stereocenters. The molecule has 6 heteroatoms. The normalized spacial score (nSPS) is 11.4. The molecule has 0 radical (unpaired) electrons. The van der Waals surface area contributed by atoms with E-state index in [2.05, 4.69) is 4.74 Å². The molecule has 10 heavy (non-hydrogen) atoms. The van der Waals surface area contributed by atoms with Crippen molar-refractivity contribution in [2.24, 2.45) is 0 Å². The van der Waals surface area contributed by atoms with Gasteiger partial charge in [-0.1, -0.05) is 0 Å². The summed E-state index contributed by atoms with van der Waals surface area (Å²) < 4.78 is 3.79. The van der Waals surface area contributed by atoms with Gasteiger partial charge >= 0.3 is 51.4 Å². The topological polar surface area (TPSA) is 89.8 Å². The molecule has 1 unspecified atom stereocenters. The van der Waals surface area contributed by atoms with Crippen LogP contribution in [0.4, 0.5) is 4.79 Å².